The summed E-state index contributed by atoms with van der Waals surface area (Å²) < 4.78 is 0. The van der Waals surface area contributed by atoms with Gasteiger partial charge in [-0.1, -0.05) is 24.3 Å². The van der Waals surface area contributed by atoms with Crippen LogP contribution in [0.25, 0.3) is 0 Å². The van der Waals surface area contributed by atoms with Crippen molar-refractivity contribution in [1.82, 2.24) is 5.32 Å². The van der Waals surface area contributed by atoms with Crippen LogP contribution in [-0.2, 0) is 11.2 Å². The third-order valence-corrected chi connectivity index (χ3v) is 5.12. The fourth-order valence-electron chi connectivity index (χ4n) is 3.95. The highest BCUT2D eigenvalue weighted by atomic mass is 16.3. The fraction of sp³-hybridized carbons (Fsp3) is 0.562. The maximum absolute atomic E-state index is 12.3. The number of hydrogen-bond acceptors (Lipinski definition) is 2. The van der Waals surface area contributed by atoms with Crippen LogP contribution in [0.2, 0.25) is 0 Å². The maximum atomic E-state index is 12.3. The smallest absolute Gasteiger partial charge is 0.223 e. The molecule has 2 saturated carbocycles. The lowest BCUT2D eigenvalue weighted by Gasteiger charge is -2.21. The van der Waals surface area contributed by atoms with E-state index >= 15 is 0 Å². The van der Waals surface area contributed by atoms with Gasteiger partial charge in [-0.25, -0.2) is 0 Å². The van der Waals surface area contributed by atoms with Gasteiger partial charge in [-0.15, -0.1) is 0 Å². The van der Waals surface area contributed by atoms with Gasteiger partial charge in [-0.2, -0.15) is 0 Å². The largest absolute Gasteiger partial charge is 0.390 e. The first-order valence-electron chi connectivity index (χ1n) is 7.28. The number of carbonyl (C=O) groups is 1. The van der Waals surface area contributed by atoms with E-state index in [2.05, 4.69) is 5.32 Å². The predicted molar refractivity (Wildman–Crippen MR) is 71.4 cm³/mol. The molecule has 19 heavy (non-hydrogen) atoms. The number of fused-ring (bicyclic) bond motifs is 2. The number of carbonyl (C=O) groups excluding carboxylic acids is 1. The Labute approximate surface area is 113 Å². The summed E-state index contributed by atoms with van der Waals surface area (Å²) in [7, 11) is 0. The number of nitrogens with one attached hydrogen (secondary N) is 1. The van der Waals surface area contributed by atoms with Crippen LogP contribution in [0.4, 0.5) is 0 Å². The van der Waals surface area contributed by atoms with Crippen molar-refractivity contribution >= 4 is 5.91 Å². The molecule has 1 aromatic rings. The number of benzene rings is 1. The third kappa shape index (κ3) is 1.88. The van der Waals surface area contributed by atoms with Crippen molar-refractivity contribution in [3.8, 4) is 0 Å². The van der Waals surface area contributed by atoms with E-state index in [-0.39, 0.29) is 17.9 Å². The van der Waals surface area contributed by atoms with Crippen molar-refractivity contribution in [2.75, 3.05) is 0 Å². The Bertz CT molecular complexity index is 517. The van der Waals surface area contributed by atoms with Gasteiger partial charge in [-0.05, 0) is 42.2 Å². The topological polar surface area (TPSA) is 49.3 Å². The average molecular weight is 257 g/mol. The molecular formula is C16H19NO2. The van der Waals surface area contributed by atoms with E-state index in [0.717, 1.165) is 35.8 Å². The molecule has 3 nitrogen and oxygen atoms in total. The molecule has 3 aliphatic carbocycles. The summed E-state index contributed by atoms with van der Waals surface area (Å²) in [5.74, 6) is 1.96. The SMILES string of the molecule is O=C(N[C@@H]1c2ccccc2C[C@@H]1O)C1CC2CC2C1. The van der Waals surface area contributed by atoms with Gasteiger partial charge in [0.2, 0.25) is 5.91 Å². The molecule has 0 radical (unpaired) electrons. The Hall–Kier alpha value is -1.35. The van der Waals surface area contributed by atoms with Crippen LogP contribution in [0.5, 0.6) is 0 Å². The Morgan fingerprint density at radius 3 is 2.68 bits per heavy atom. The summed E-state index contributed by atoms with van der Waals surface area (Å²) in [5, 5.41) is 13.2. The van der Waals surface area contributed by atoms with E-state index in [0.29, 0.717) is 6.42 Å². The van der Waals surface area contributed by atoms with Gasteiger partial charge in [0, 0.05) is 12.3 Å². The third-order valence-electron chi connectivity index (χ3n) is 5.12. The van der Waals surface area contributed by atoms with Crippen LogP contribution < -0.4 is 5.32 Å². The van der Waals surface area contributed by atoms with Gasteiger partial charge in [-0.3, -0.25) is 4.79 Å². The van der Waals surface area contributed by atoms with Crippen LogP contribution in [0.1, 0.15) is 36.4 Å². The van der Waals surface area contributed by atoms with E-state index in [9.17, 15) is 9.90 Å². The second-order valence-electron chi connectivity index (χ2n) is 6.38. The number of hydrogen-bond donors (Lipinski definition) is 2. The maximum Gasteiger partial charge on any atom is 0.223 e. The van der Waals surface area contributed by atoms with E-state index < -0.39 is 6.10 Å². The van der Waals surface area contributed by atoms with Crippen LogP contribution in [0, 0.1) is 17.8 Å². The molecule has 0 heterocycles. The van der Waals surface area contributed by atoms with Gasteiger partial charge >= 0.3 is 0 Å². The van der Waals surface area contributed by atoms with Crippen LogP contribution in [0.3, 0.4) is 0 Å². The van der Waals surface area contributed by atoms with E-state index in [1.54, 1.807) is 0 Å². The monoisotopic (exact) mass is 257 g/mol. The summed E-state index contributed by atoms with van der Waals surface area (Å²) in [5.41, 5.74) is 2.25. The van der Waals surface area contributed by atoms with Crippen molar-refractivity contribution in [2.45, 2.75) is 37.8 Å². The molecule has 0 aromatic heterocycles. The van der Waals surface area contributed by atoms with E-state index in [4.69, 9.17) is 0 Å². The van der Waals surface area contributed by atoms with E-state index in [1.807, 2.05) is 24.3 Å². The lowest BCUT2D eigenvalue weighted by molar-refractivity contribution is -0.126. The van der Waals surface area contributed by atoms with Crippen molar-refractivity contribution < 1.29 is 9.90 Å². The second kappa shape index (κ2) is 4.07. The zero-order chi connectivity index (χ0) is 13.0. The van der Waals surface area contributed by atoms with Gasteiger partial charge in [0.1, 0.15) is 0 Å². The molecule has 0 aliphatic heterocycles. The zero-order valence-electron chi connectivity index (χ0n) is 10.9. The zero-order valence-corrected chi connectivity index (χ0v) is 10.9. The Morgan fingerprint density at radius 1 is 1.16 bits per heavy atom. The minimum atomic E-state index is -0.475. The molecule has 3 aliphatic rings. The highest BCUT2D eigenvalue weighted by Crippen LogP contribution is 2.54. The molecule has 2 fully saturated rings. The molecule has 0 saturated heterocycles. The number of rotatable bonds is 2. The van der Waals surface area contributed by atoms with Crippen molar-refractivity contribution in [2.24, 2.45) is 17.8 Å². The van der Waals surface area contributed by atoms with Crippen molar-refractivity contribution in [1.29, 1.82) is 0 Å². The first kappa shape index (κ1) is 11.5. The molecule has 4 rings (SSSR count). The minimum Gasteiger partial charge on any atom is -0.390 e. The molecular weight excluding hydrogens is 238 g/mol. The second-order valence-corrected chi connectivity index (χ2v) is 6.38. The molecule has 0 bridgehead atoms. The van der Waals surface area contributed by atoms with Gasteiger partial charge < -0.3 is 10.4 Å². The summed E-state index contributed by atoms with van der Waals surface area (Å²) in [6, 6.07) is 7.81. The summed E-state index contributed by atoms with van der Waals surface area (Å²) in [6.45, 7) is 0. The predicted octanol–water partition coefficient (Wildman–Crippen LogP) is 1.81. The first-order valence-corrected chi connectivity index (χ1v) is 7.28. The molecule has 3 heteroatoms. The Balaban J connectivity index is 1.49. The number of aliphatic hydroxyl groups excluding tert-OH is 1. The molecule has 2 unspecified atom stereocenters. The van der Waals surface area contributed by atoms with Gasteiger partial charge in [0.15, 0.2) is 0 Å². The van der Waals surface area contributed by atoms with Crippen molar-refractivity contribution in [3.05, 3.63) is 35.4 Å². The van der Waals surface area contributed by atoms with Crippen LogP contribution in [0.15, 0.2) is 24.3 Å². The standard InChI is InChI=1S/C16H19NO2/c18-14-8-9-3-1-2-4-13(9)15(14)17-16(19)12-6-10-5-11(10)7-12/h1-4,10-12,14-15,18H,5-8H2,(H,17,19)/t10?,11?,12?,14-,15+/m0/s1. The number of aliphatic hydroxyl groups is 1. The minimum absolute atomic E-state index is 0.146. The van der Waals surface area contributed by atoms with E-state index in [1.165, 1.54) is 6.42 Å². The molecule has 0 spiro atoms. The fourth-order valence-corrected chi connectivity index (χ4v) is 3.95. The van der Waals surface area contributed by atoms with Crippen LogP contribution in [-0.4, -0.2) is 17.1 Å². The lowest BCUT2D eigenvalue weighted by atomic mass is 10.0. The summed E-state index contributed by atoms with van der Waals surface area (Å²) >= 11 is 0. The average Bonchev–Trinajstić information content (AvgIpc) is 2.89. The first-order chi connectivity index (χ1) is 9.22. The highest BCUT2D eigenvalue weighted by molar-refractivity contribution is 5.80. The highest BCUT2D eigenvalue weighted by Gasteiger charge is 2.48. The molecule has 1 aromatic carbocycles. The molecule has 1 amide bonds. The van der Waals surface area contributed by atoms with Gasteiger partial charge in [0.05, 0.1) is 12.1 Å². The van der Waals surface area contributed by atoms with Crippen LogP contribution >= 0.6 is 0 Å². The molecule has 4 atom stereocenters. The molecule has 100 valence electrons. The Morgan fingerprint density at radius 2 is 1.89 bits per heavy atom. The van der Waals surface area contributed by atoms with Crippen molar-refractivity contribution in [3.63, 3.8) is 0 Å². The quantitative estimate of drug-likeness (QED) is 0.849. The summed E-state index contributed by atoms with van der Waals surface area (Å²) in [4.78, 5) is 12.3. The lowest BCUT2D eigenvalue weighted by Crippen LogP contribution is -2.37. The summed E-state index contributed by atoms with van der Waals surface area (Å²) in [6.07, 6.45) is 3.62. The van der Waals surface area contributed by atoms with Gasteiger partial charge in [0.25, 0.3) is 0 Å². The normalized spacial score (nSPS) is 38.7. The Kier molecular flexibility index (Phi) is 2.46. The molecule has 2 N–H and O–H groups in total. The number of amides is 1.